The monoisotopic (exact) mass is 311 g/mol. The van der Waals surface area contributed by atoms with Crippen LogP contribution < -0.4 is 11.1 Å². The number of rotatable bonds is 4. The van der Waals surface area contributed by atoms with Crippen LogP contribution in [0.15, 0.2) is 18.2 Å². The molecule has 1 aliphatic carbocycles. The Labute approximate surface area is 127 Å². The molecule has 0 spiro atoms. The van der Waals surface area contributed by atoms with Crippen LogP contribution in [0.25, 0.3) is 0 Å². The van der Waals surface area contributed by atoms with Gasteiger partial charge >= 0.3 is 0 Å². The standard InChI is InChI=1S/C14H18ClN3O3/c15-12-7-11(5-6-13(12)18(20)21)17-14(19)10-3-1-9(8-16)2-4-10/h5-7,9-10H,1-4,8,16H2,(H,17,19). The fraction of sp³-hybridized carbons (Fsp3) is 0.500. The van der Waals surface area contributed by atoms with Gasteiger partial charge in [-0.3, -0.25) is 14.9 Å². The van der Waals surface area contributed by atoms with Crippen LogP contribution in [0.3, 0.4) is 0 Å². The summed E-state index contributed by atoms with van der Waals surface area (Å²) in [6, 6.07) is 4.19. The molecule has 21 heavy (non-hydrogen) atoms. The molecule has 0 unspecified atom stereocenters. The average Bonchev–Trinajstić information content (AvgIpc) is 2.47. The van der Waals surface area contributed by atoms with Gasteiger partial charge < -0.3 is 11.1 Å². The minimum Gasteiger partial charge on any atom is -0.330 e. The molecular formula is C14H18ClN3O3. The first kappa shape index (κ1) is 15.7. The van der Waals surface area contributed by atoms with Crippen LogP contribution in [0.2, 0.25) is 5.02 Å². The highest BCUT2D eigenvalue weighted by molar-refractivity contribution is 6.33. The fourth-order valence-corrected chi connectivity index (χ4v) is 2.89. The Hall–Kier alpha value is -1.66. The molecule has 7 heteroatoms. The molecule has 1 aromatic rings. The molecule has 1 saturated carbocycles. The first-order chi connectivity index (χ1) is 10.0. The summed E-state index contributed by atoms with van der Waals surface area (Å²) < 4.78 is 0. The zero-order valence-corrected chi connectivity index (χ0v) is 12.3. The van der Waals surface area contributed by atoms with Crippen molar-refractivity contribution in [1.82, 2.24) is 0 Å². The van der Waals surface area contributed by atoms with Crippen LogP contribution in [0.4, 0.5) is 11.4 Å². The van der Waals surface area contributed by atoms with E-state index in [1.807, 2.05) is 0 Å². The maximum absolute atomic E-state index is 12.2. The van der Waals surface area contributed by atoms with Crippen LogP contribution in [0, 0.1) is 22.0 Å². The minimum atomic E-state index is -0.554. The van der Waals surface area contributed by atoms with Crippen LogP contribution in [0.5, 0.6) is 0 Å². The van der Waals surface area contributed by atoms with Crippen LogP contribution in [0.1, 0.15) is 25.7 Å². The van der Waals surface area contributed by atoms with Gasteiger partial charge in [0.25, 0.3) is 5.69 Å². The molecular weight excluding hydrogens is 294 g/mol. The number of halogens is 1. The lowest BCUT2D eigenvalue weighted by atomic mass is 9.81. The number of nitrogens with two attached hydrogens (primary N) is 1. The maximum Gasteiger partial charge on any atom is 0.288 e. The Morgan fingerprint density at radius 2 is 2.05 bits per heavy atom. The molecule has 0 radical (unpaired) electrons. The van der Waals surface area contributed by atoms with E-state index in [4.69, 9.17) is 17.3 Å². The van der Waals surface area contributed by atoms with Gasteiger partial charge in [-0.2, -0.15) is 0 Å². The summed E-state index contributed by atoms with van der Waals surface area (Å²) in [7, 11) is 0. The second-order valence-corrected chi connectivity index (χ2v) is 5.77. The van der Waals surface area contributed by atoms with Crippen molar-refractivity contribution in [2.45, 2.75) is 25.7 Å². The third kappa shape index (κ3) is 3.92. The lowest BCUT2D eigenvalue weighted by Crippen LogP contribution is -2.29. The smallest absolute Gasteiger partial charge is 0.288 e. The molecule has 0 bridgehead atoms. The van der Waals surface area contributed by atoms with Gasteiger partial charge in [0.05, 0.1) is 4.92 Å². The molecule has 2 rings (SSSR count). The van der Waals surface area contributed by atoms with Gasteiger partial charge in [0.1, 0.15) is 5.02 Å². The Balaban J connectivity index is 1.97. The van der Waals surface area contributed by atoms with Gasteiger partial charge in [0, 0.05) is 17.7 Å². The summed E-state index contributed by atoms with van der Waals surface area (Å²) in [5.41, 5.74) is 5.95. The van der Waals surface area contributed by atoms with E-state index in [-0.39, 0.29) is 22.5 Å². The SMILES string of the molecule is NCC1CCC(C(=O)Nc2ccc([N+](=O)[O-])c(Cl)c2)CC1. The molecule has 0 aliphatic heterocycles. The molecule has 1 amide bonds. The number of amides is 1. The highest BCUT2D eigenvalue weighted by Gasteiger charge is 2.26. The Morgan fingerprint density at radius 1 is 1.38 bits per heavy atom. The van der Waals surface area contributed by atoms with Gasteiger partial charge in [-0.15, -0.1) is 0 Å². The summed E-state index contributed by atoms with van der Waals surface area (Å²) in [4.78, 5) is 22.3. The minimum absolute atomic E-state index is 0.0182. The first-order valence-corrected chi connectivity index (χ1v) is 7.34. The summed E-state index contributed by atoms with van der Waals surface area (Å²) in [5, 5.41) is 13.5. The Kier molecular flexibility index (Phi) is 5.14. The van der Waals surface area contributed by atoms with E-state index < -0.39 is 4.92 Å². The summed E-state index contributed by atoms with van der Waals surface area (Å²) >= 11 is 5.82. The fourth-order valence-electron chi connectivity index (χ4n) is 2.64. The van der Waals surface area contributed by atoms with Crippen molar-refractivity contribution in [3.05, 3.63) is 33.3 Å². The molecule has 114 valence electrons. The van der Waals surface area contributed by atoms with Crippen molar-refractivity contribution in [1.29, 1.82) is 0 Å². The van der Waals surface area contributed by atoms with E-state index in [1.54, 1.807) is 0 Å². The molecule has 0 heterocycles. The number of nitrogens with zero attached hydrogens (tertiary/aromatic N) is 1. The normalized spacial score (nSPS) is 21.8. The van der Waals surface area contributed by atoms with E-state index in [0.717, 1.165) is 25.7 Å². The third-order valence-corrected chi connectivity index (χ3v) is 4.27. The van der Waals surface area contributed by atoms with Crippen LogP contribution >= 0.6 is 11.6 Å². The van der Waals surface area contributed by atoms with Crippen molar-refractivity contribution in [2.75, 3.05) is 11.9 Å². The van der Waals surface area contributed by atoms with Crippen LogP contribution in [-0.2, 0) is 4.79 Å². The number of nitrogens with one attached hydrogen (secondary N) is 1. The number of nitro groups is 1. The van der Waals surface area contributed by atoms with Gasteiger partial charge in [-0.05, 0) is 50.3 Å². The molecule has 0 aromatic heterocycles. The summed E-state index contributed by atoms with van der Waals surface area (Å²) in [5.74, 6) is 0.431. The summed E-state index contributed by atoms with van der Waals surface area (Å²) in [6.07, 6.45) is 3.59. The zero-order chi connectivity index (χ0) is 15.4. The van der Waals surface area contributed by atoms with Gasteiger partial charge in [0.2, 0.25) is 5.91 Å². The molecule has 3 N–H and O–H groups in total. The number of hydrogen-bond acceptors (Lipinski definition) is 4. The highest BCUT2D eigenvalue weighted by Crippen LogP contribution is 2.30. The molecule has 0 atom stereocenters. The molecule has 1 aliphatic rings. The Morgan fingerprint density at radius 3 is 2.57 bits per heavy atom. The maximum atomic E-state index is 12.2. The van der Waals surface area contributed by atoms with E-state index in [9.17, 15) is 14.9 Å². The Bertz CT molecular complexity index is 542. The zero-order valence-electron chi connectivity index (χ0n) is 11.5. The molecule has 0 saturated heterocycles. The van der Waals surface area contributed by atoms with Crippen molar-refractivity contribution < 1.29 is 9.72 Å². The van der Waals surface area contributed by atoms with Crippen molar-refractivity contribution in [3.8, 4) is 0 Å². The number of carbonyl (C=O) groups excluding carboxylic acids is 1. The quantitative estimate of drug-likeness (QED) is 0.659. The average molecular weight is 312 g/mol. The van der Waals surface area contributed by atoms with Crippen molar-refractivity contribution in [2.24, 2.45) is 17.6 Å². The predicted molar refractivity (Wildman–Crippen MR) is 81.2 cm³/mol. The van der Waals surface area contributed by atoms with Gasteiger partial charge in [-0.25, -0.2) is 0 Å². The second-order valence-electron chi connectivity index (χ2n) is 5.37. The lowest BCUT2D eigenvalue weighted by Gasteiger charge is -2.26. The molecule has 1 fully saturated rings. The predicted octanol–water partition coefficient (Wildman–Crippen LogP) is 2.95. The van der Waals surface area contributed by atoms with E-state index in [1.165, 1.54) is 18.2 Å². The number of carbonyl (C=O) groups is 1. The first-order valence-electron chi connectivity index (χ1n) is 6.96. The van der Waals surface area contributed by atoms with Gasteiger partial charge in [-0.1, -0.05) is 11.6 Å². The van der Waals surface area contributed by atoms with Crippen molar-refractivity contribution >= 4 is 28.9 Å². The van der Waals surface area contributed by atoms with E-state index >= 15 is 0 Å². The highest BCUT2D eigenvalue weighted by atomic mass is 35.5. The number of benzene rings is 1. The second kappa shape index (κ2) is 6.87. The van der Waals surface area contributed by atoms with Gasteiger partial charge in [0.15, 0.2) is 0 Å². The van der Waals surface area contributed by atoms with E-state index in [2.05, 4.69) is 5.32 Å². The summed E-state index contributed by atoms with van der Waals surface area (Å²) in [6.45, 7) is 0.673. The number of nitro benzene ring substituents is 1. The number of anilines is 1. The largest absolute Gasteiger partial charge is 0.330 e. The lowest BCUT2D eigenvalue weighted by molar-refractivity contribution is -0.384. The third-order valence-electron chi connectivity index (χ3n) is 3.96. The molecule has 6 nitrogen and oxygen atoms in total. The van der Waals surface area contributed by atoms with E-state index in [0.29, 0.717) is 18.2 Å². The van der Waals surface area contributed by atoms with Crippen LogP contribution in [-0.4, -0.2) is 17.4 Å². The topological polar surface area (TPSA) is 98.3 Å². The molecule has 1 aromatic carbocycles. The number of hydrogen-bond donors (Lipinski definition) is 2. The van der Waals surface area contributed by atoms with Crippen molar-refractivity contribution in [3.63, 3.8) is 0 Å².